The number of fused-ring (bicyclic) bond motifs is 5. The first-order valence-corrected chi connectivity index (χ1v) is 23.8. The van der Waals surface area contributed by atoms with Gasteiger partial charge in [-0.2, -0.15) is 12.6 Å². The van der Waals surface area contributed by atoms with Crippen LogP contribution >= 0.6 is 12.6 Å². The molecule has 2 N–H and O–H groups in total. The lowest BCUT2D eigenvalue weighted by Gasteiger charge is -2.67. The monoisotopic (exact) mass is 973 g/mol. The third kappa shape index (κ3) is 9.35. The van der Waals surface area contributed by atoms with Crippen LogP contribution in [0.5, 0.6) is 0 Å². The highest BCUT2D eigenvalue weighted by Gasteiger charge is 2.79. The number of thiol groups is 1. The first-order chi connectivity index (χ1) is 32.8. The number of ketones is 1. The molecule has 15 nitrogen and oxygen atoms in total. The molecule has 3 aromatic carbocycles. The first-order valence-electron chi connectivity index (χ1n) is 23.2. The number of amides is 1. The van der Waals surface area contributed by atoms with Gasteiger partial charge in [0.25, 0.3) is 5.91 Å². The zero-order valence-corrected chi connectivity index (χ0v) is 40.6. The van der Waals surface area contributed by atoms with Crippen molar-refractivity contribution in [1.29, 1.82) is 0 Å². The van der Waals surface area contributed by atoms with Crippen molar-refractivity contribution in [2.45, 2.75) is 122 Å². The summed E-state index contributed by atoms with van der Waals surface area (Å²) >= 11 is 4.40. The number of carbonyl (C=O) groups is 6. The molecule has 2 bridgehead atoms. The Hall–Kier alpha value is -5.46. The zero-order valence-electron chi connectivity index (χ0n) is 39.7. The van der Waals surface area contributed by atoms with E-state index in [1.807, 2.05) is 0 Å². The Morgan fingerprint density at radius 1 is 0.913 bits per heavy atom. The molecule has 1 aliphatic heterocycles. The highest BCUT2D eigenvalue weighted by atomic mass is 32.1. The number of carbonyl (C=O) groups excluding carboxylic acids is 6. The summed E-state index contributed by atoms with van der Waals surface area (Å²) in [5, 5.41) is 17.0. The summed E-state index contributed by atoms with van der Waals surface area (Å²) in [6.07, 6.45) is -9.29. The van der Waals surface area contributed by atoms with Crippen LogP contribution in [0.4, 0.5) is 4.39 Å². The van der Waals surface area contributed by atoms with Crippen molar-refractivity contribution in [3.8, 4) is 0 Å². The summed E-state index contributed by atoms with van der Waals surface area (Å²) in [7, 11) is 0. The van der Waals surface area contributed by atoms with Crippen LogP contribution in [-0.4, -0.2) is 114 Å². The van der Waals surface area contributed by atoms with E-state index in [-0.39, 0.29) is 49.6 Å². The summed E-state index contributed by atoms with van der Waals surface area (Å²) in [5.74, 6) is -6.62. The Morgan fingerprint density at radius 3 is 2.14 bits per heavy atom. The predicted molar refractivity (Wildman–Crippen MR) is 249 cm³/mol. The fourth-order valence-corrected chi connectivity index (χ4v) is 11.1. The topological polar surface area (TPSA) is 199 Å². The molecule has 69 heavy (non-hydrogen) atoms. The van der Waals surface area contributed by atoms with E-state index in [0.29, 0.717) is 16.7 Å². The van der Waals surface area contributed by atoms with Gasteiger partial charge >= 0.3 is 23.9 Å². The van der Waals surface area contributed by atoms with Crippen molar-refractivity contribution in [3.05, 3.63) is 119 Å². The number of rotatable bonds is 16. The molecule has 17 heteroatoms. The maximum absolute atomic E-state index is 16.1. The molecule has 1 saturated heterocycles. The zero-order chi connectivity index (χ0) is 50.1. The second kappa shape index (κ2) is 20.5. The smallest absolute Gasteiger partial charge is 0.338 e. The van der Waals surface area contributed by atoms with Crippen molar-refractivity contribution < 1.29 is 71.4 Å². The fourth-order valence-electron chi connectivity index (χ4n) is 11.0. The molecule has 3 fully saturated rings. The van der Waals surface area contributed by atoms with Crippen LogP contribution in [0.3, 0.4) is 0 Å². The molecule has 11 atom stereocenters. The van der Waals surface area contributed by atoms with Gasteiger partial charge in [-0.3, -0.25) is 19.2 Å². The number of nitrogens with one attached hydrogen (secondary N) is 1. The number of aliphatic hydroxyl groups is 1. The molecular weight excluding hydrogens is 914 g/mol. The predicted octanol–water partition coefficient (Wildman–Crippen LogP) is 6.26. The maximum Gasteiger partial charge on any atom is 0.338 e. The lowest BCUT2D eigenvalue weighted by atomic mass is 9.44. The Bertz CT molecular complexity index is 2450. The summed E-state index contributed by atoms with van der Waals surface area (Å²) < 4.78 is 58.3. The van der Waals surface area contributed by atoms with Crippen molar-refractivity contribution >= 4 is 48.2 Å². The second-order valence-corrected chi connectivity index (χ2v) is 19.2. The van der Waals surface area contributed by atoms with E-state index >= 15 is 4.79 Å². The van der Waals surface area contributed by atoms with Gasteiger partial charge in [0.15, 0.2) is 17.5 Å². The molecule has 2 saturated carbocycles. The van der Waals surface area contributed by atoms with Crippen LogP contribution in [0.15, 0.2) is 96.1 Å². The second-order valence-electron chi connectivity index (χ2n) is 18.7. The molecule has 4 aliphatic rings. The van der Waals surface area contributed by atoms with E-state index in [1.54, 1.807) is 95.3 Å². The van der Waals surface area contributed by atoms with Crippen LogP contribution in [0.2, 0.25) is 0 Å². The molecule has 3 aromatic rings. The van der Waals surface area contributed by atoms with Gasteiger partial charge in [-0.1, -0.05) is 69.3 Å². The molecule has 0 radical (unpaired) electrons. The van der Waals surface area contributed by atoms with Gasteiger partial charge in [-0.05, 0) is 73.9 Å². The Morgan fingerprint density at radius 2 is 1.57 bits per heavy atom. The highest BCUT2D eigenvalue weighted by Crippen LogP contribution is 2.65. The molecular formula is C52H60FNO14S. The lowest BCUT2D eigenvalue weighted by Crippen LogP contribution is -2.82. The highest BCUT2D eigenvalue weighted by molar-refractivity contribution is 7.80. The standard InChI is InChI=1S/C52H60FNO14S/c1-8-38(56)66-36-26-37-51(28-64-37,68-30(4)55)43-45(67-47(59)33-20-22-34(53)23-21-33)52(61)27-35(29(3)39(49(52,5)6)41(63-24-25-69)44(57)50(36,43)7)65-48(60)42(62-9-2)40(31-16-12-10-13-17-31)54-46(58)32-18-14-11-15-19-32/h10-23,35-37,40-43,45,61,69H,8-9,24-28H2,1-7H3,(H,54,58)/t35-,36-,37+,40-,41+,42+,43?,45?,50+,51-,52+/m0/s1. The van der Waals surface area contributed by atoms with E-state index < -0.39 is 118 Å². The third-order valence-corrected chi connectivity index (χ3v) is 14.7. The van der Waals surface area contributed by atoms with Crippen molar-refractivity contribution in [2.24, 2.45) is 16.7 Å². The van der Waals surface area contributed by atoms with Crippen LogP contribution < -0.4 is 5.32 Å². The van der Waals surface area contributed by atoms with Gasteiger partial charge in [-0.25, -0.2) is 14.0 Å². The minimum absolute atomic E-state index is 0.00702. The number of hydrogen-bond acceptors (Lipinski definition) is 15. The molecule has 1 amide bonds. The van der Waals surface area contributed by atoms with Gasteiger partial charge in [0.05, 0.1) is 36.2 Å². The van der Waals surface area contributed by atoms with E-state index in [9.17, 15) is 33.5 Å². The van der Waals surface area contributed by atoms with Crippen LogP contribution in [0, 0.1) is 22.6 Å². The number of benzene rings is 3. The largest absolute Gasteiger partial charge is 0.461 e. The van der Waals surface area contributed by atoms with Crippen LogP contribution in [0.1, 0.15) is 100 Å². The van der Waals surface area contributed by atoms with Gasteiger partial charge in [0.2, 0.25) is 0 Å². The van der Waals surface area contributed by atoms with Gasteiger partial charge in [0.1, 0.15) is 41.9 Å². The SMILES string of the molecule is CCO[C@@H](C(=O)O[C@H]1C[C@@]2(O)C(OC(=O)c3ccc(F)cc3)C3[C@](C)(C(=O)[C@H](OCCS)C(=C1C)C2(C)C)[C@@H](OC(=O)CC)C[C@H]1OC[C@@]31OC(C)=O)[C@@H](NC(=O)c1ccccc1)c1ccccc1. The first kappa shape index (κ1) is 51.4. The Labute approximate surface area is 406 Å². The number of halogens is 1. The molecule has 0 aromatic heterocycles. The van der Waals surface area contributed by atoms with Crippen molar-refractivity contribution in [3.63, 3.8) is 0 Å². The van der Waals surface area contributed by atoms with Gasteiger partial charge < -0.3 is 43.6 Å². The van der Waals surface area contributed by atoms with Gasteiger partial charge in [0, 0.05) is 49.5 Å². The molecule has 3 aliphatic carbocycles. The Kier molecular flexibility index (Phi) is 15.3. The minimum atomic E-state index is -2.37. The molecule has 7 rings (SSSR count). The molecule has 2 unspecified atom stereocenters. The van der Waals surface area contributed by atoms with Crippen molar-refractivity contribution in [2.75, 3.05) is 25.6 Å². The van der Waals surface area contributed by atoms with E-state index in [2.05, 4.69) is 17.9 Å². The summed E-state index contributed by atoms with van der Waals surface area (Å²) in [6.45, 7) is 10.5. The lowest BCUT2D eigenvalue weighted by molar-refractivity contribution is -0.346. The number of Topliss-reactive ketones (excluding diaryl/α,β-unsaturated/α-hetero) is 1. The van der Waals surface area contributed by atoms with Crippen LogP contribution in [0.25, 0.3) is 0 Å². The van der Waals surface area contributed by atoms with E-state index in [0.717, 1.165) is 12.1 Å². The number of ether oxygens (including phenoxy) is 7. The average molecular weight is 974 g/mol. The maximum atomic E-state index is 16.1. The average Bonchev–Trinajstić information content (AvgIpc) is 3.32. The van der Waals surface area contributed by atoms with E-state index in [4.69, 9.17) is 33.2 Å². The summed E-state index contributed by atoms with van der Waals surface area (Å²) in [4.78, 5) is 86.0. The molecule has 0 spiro atoms. The Balaban J connectivity index is 1.44. The normalized spacial score (nSPS) is 29.9. The fraction of sp³-hybridized carbons (Fsp3) is 0.500. The summed E-state index contributed by atoms with van der Waals surface area (Å²) in [6, 6.07) is 20.5. The van der Waals surface area contributed by atoms with E-state index in [1.165, 1.54) is 26.0 Å². The molecule has 370 valence electrons. The quantitative estimate of drug-likeness (QED) is 0.0629. The summed E-state index contributed by atoms with van der Waals surface area (Å²) in [5.41, 5.74) is -6.50. The number of hydrogen-bond donors (Lipinski definition) is 3. The van der Waals surface area contributed by atoms with Crippen LogP contribution in [-0.2, 0) is 52.3 Å². The van der Waals surface area contributed by atoms with Crippen molar-refractivity contribution in [1.82, 2.24) is 5.32 Å². The third-order valence-electron chi connectivity index (χ3n) is 14.5. The number of esters is 4. The van der Waals surface area contributed by atoms with Gasteiger partial charge in [-0.15, -0.1) is 0 Å². The molecule has 1 heterocycles. The minimum Gasteiger partial charge on any atom is -0.461 e.